The van der Waals surface area contributed by atoms with Crippen molar-refractivity contribution in [2.75, 3.05) is 13.2 Å². The van der Waals surface area contributed by atoms with Gasteiger partial charge in [0, 0.05) is 18.4 Å². The van der Waals surface area contributed by atoms with E-state index in [2.05, 4.69) is 5.32 Å². The molecule has 1 amide bonds. The Morgan fingerprint density at radius 3 is 2.36 bits per heavy atom. The normalized spacial score (nSPS) is 23.0. The van der Waals surface area contributed by atoms with Crippen LogP contribution in [0.3, 0.4) is 0 Å². The van der Waals surface area contributed by atoms with Crippen molar-refractivity contribution in [3.63, 3.8) is 0 Å². The molecular formula is C21H29NO6. The van der Waals surface area contributed by atoms with Crippen LogP contribution in [0.15, 0.2) is 30.3 Å². The minimum absolute atomic E-state index is 0.0497. The molecule has 1 fully saturated rings. The molecule has 28 heavy (non-hydrogen) atoms. The molecule has 2 N–H and O–H groups in total. The molecule has 0 bridgehead atoms. The number of nitrogens with one attached hydrogen (secondary N) is 1. The van der Waals surface area contributed by atoms with Gasteiger partial charge in [-0.1, -0.05) is 37.5 Å². The molecule has 1 aromatic carbocycles. The van der Waals surface area contributed by atoms with Crippen LogP contribution in [0.4, 0.5) is 0 Å². The highest BCUT2D eigenvalue weighted by molar-refractivity contribution is 5.97. The lowest BCUT2D eigenvalue weighted by Gasteiger charge is -2.34. The first kappa shape index (κ1) is 22.0. The van der Waals surface area contributed by atoms with E-state index in [0.29, 0.717) is 25.2 Å². The molecular weight excluding hydrogens is 362 g/mol. The van der Waals surface area contributed by atoms with Gasteiger partial charge in [-0.05, 0) is 31.9 Å². The van der Waals surface area contributed by atoms with Crippen molar-refractivity contribution in [1.82, 2.24) is 5.32 Å². The number of ether oxygens (including phenoxy) is 2. The van der Waals surface area contributed by atoms with Gasteiger partial charge in [-0.25, -0.2) is 4.79 Å². The molecule has 7 heteroatoms. The number of amides is 1. The number of hydrogen-bond donors (Lipinski definition) is 2. The minimum Gasteiger partial charge on any atom is -0.477 e. The van der Waals surface area contributed by atoms with E-state index >= 15 is 0 Å². The van der Waals surface area contributed by atoms with E-state index in [0.717, 1.165) is 25.7 Å². The first-order chi connectivity index (χ1) is 13.3. The highest BCUT2D eigenvalue weighted by Gasteiger charge is 2.40. The second kappa shape index (κ2) is 10.3. The van der Waals surface area contributed by atoms with Crippen LogP contribution in [0.1, 0.15) is 56.3 Å². The van der Waals surface area contributed by atoms with Crippen LogP contribution in [0.5, 0.6) is 0 Å². The van der Waals surface area contributed by atoms with Gasteiger partial charge in [0.2, 0.25) is 0 Å². The first-order valence-electron chi connectivity index (χ1n) is 9.69. The lowest BCUT2D eigenvalue weighted by molar-refractivity contribution is -0.271. The van der Waals surface area contributed by atoms with Gasteiger partial charge in [0.15, 0.2) is 5.78 Å². The molecule has 1 saturated heterocycles. The van der Waals surface area contributed by atoms with E-state index in [4.69, 9.17) is 14.6 Å². The smallest absolute Gasteiger partial charge is 0.364 e. The maximum Gasteiger partial charge on any atom is 0.364 e. The number of benzene rings is 1. The molecule has 1 heterocycles. The predicted molar refractivity (Wildman–Crippen MR) is 103 cm³/mol. The monoisotopic (exact) mass is 391 g/mol. The second-order valence-corrected chi connectivity index (χ2v) is 7.38. The third kappa shape index (κ3) is 6.42. The maximum atomic E-state index is 12.2. The van der Waals surface area contributed by atoms with Crippen molar-refractivity contribution in [3.05, 3.63) is 35.9 Å². The van der Waals surface area contributed by atoms with Crippen LogP contribution in [-0.4, -0.2) is 47.8 Å². The molecule has 1 atom stereocenters. The molecule has 154 valence electrons. The third-order valence-electron chi connectivity index (χ3n) is 5.01. The zero-order valence-corrected chi connectivity index (χ0v) is 16.5. The van der Waals surface area contributed by atoms with Gasteiger partial charge in [0.25, 0.3) is 11.7 Å². The Bertz CT molecular complexity index is 667. The minimum atomic E-state index is -1.54. The van der Waals surface area contributed by atoms with Crippen LogP contribution in [-0.2, 0) is 19.1 Å². The molecule has 0 aliphatic carbocycles. The van der Waals surface area contributed by atoms with E-state index < -0.39 is 17.8 Å². The molecule has 1 aliphatic rings. The fourth-order valence-corrected chi connectivity index (χ4v) is 3.10. The van der Waals surface area contributed by atoms with Gasteiger partial charge in [-0.3, -0.25) is 9.59 Å². The van der Waals surface area contributed by atoms with Gasteiger partial charge in [0.05, 0.1) is 19.3 Å². The molecule has 1 aliphatic heterocycles. The topological polar surface area (TPSA) is 102 Å². The highest BCUT2D eigenvalue weighted by atomic mass is 16.7. The number of rotatable bonds is 10. The van der Waals surface area contributed by atoms with Crippen molar-refractivity contribution in [2.45, 2.75) is 57.8 Å². The SMILES string of the molecule is CC(=O)C(CCCCCC1COC(C)(C(=O)O)OC1)NC(=O)c1ccccc1. The van der Waals surface area contributed by atoms with Crippen LogP contribution in [0.25, 0.3) is 0 Å². The van der Waals surface area contributed by atoms with E-state index in [1.165, 1.54) is 13.8 Å². The standard InChI is InChI=1S/C21H29NO6/c1-15(23)18(22-19(24)17-10-6-4-7-11-17)12-8-3-5-9-16-13-27-21(2,20(25)26)28-14-16/h4,6-7,10-11,16,18H,3,5,8-9,12-14H2,1-2H3,(H,22,24)(H,25,26). The summed E-state index contributed by atoms with van der Waals surface area (Å²) in [5.41, 5.74) is 0.541. The summed E-state index contributed by atoms with van der Waals surface area (Å²) < 4.78 is 10.7. The summed E-state index contributed by atoms with van der Waals surface area (Å²) in [4.78, 5) is 35.1. The second-order valence-electron chi connectivity index (χ2n) is 7.38. The number of carbonyl (C=O) groups excluding carboxylic acids is 2. The molecule has 0 saturated carbocycles. The van der Waals surface area contributed by atoms with E-state index in [1.807, 2.05) is 6.07 Å². The quantitative estimate of drug-likeness (QED) is 0.595. The molecule has 1 unspecified atom stereocenters. The van der Waals surface area contributed by atoms with Crippen LogP contribution >= 0.6 is 0 Å². The molecule has 1 aromatic rings. The van der Waals surface area contributed by atoms with Gasteiger partial charge < -0.3 is 19.9 Å². The average molecular weight is 391 g/mol. The number of aliphatic carboxylic acids is 1. The largest absolute Gasteiger partial charge is 0.477 e. The van der Waals surface area contributed by atoms with Crippen molar-refractivity contribution in [3.8, 4) is 0 Å². The molecule has 0 spiro atoms. The number of carboxylic acids is 1. The predicted octanol–water partition coefficient (Wildman–Crippen LogP) is 2.79. The van der Waals surface area contributed by atoms with Crippen LogP contribution < -0.4 is 5.32 Å². The Labute approximate surface area is 165 Å². The number of Topliss-reactive ketones (excluding diaryl/α,β-unsaturated/α-hetero) is 1. The lowest BCUT2D eigenvalue weighted by atomic mass is 9.99. The number of ketones is 1. The number of carbonyl (C=O) groups is 3. The van der Waals surface area contributed by atoms with Crippen molar-refractivity contribution in [1.29, 1.82) is 0 Å². The van der Waals surface area contributed by atoms with Crippen molar-refractivity contribution >= 4 is 17.7 Å². The zero-order chi connectivity index (χ0) is 20.6. The summed E-state index contributed by atoms with van der Waals surface area (Å²) in [6.45, 7) is 3.64. The number of hydrogen-bond acceptors (Lipinski definition) is 5. The highest BCUT2D eigenvalue weighted by Crippen LogP contribution is 2.24. The van der Waals surface area contributed by atoms with E-state index in [-0.39, 0.29) is 17.6 Å². The maximum absolute atomic E-state index is 12.2. The Morgan fingerprint density at radius 2 is 1.79 bits per heavy atom. The lowest BCUT2D eigenvalue weighted by Crippen LogP contribution is -2.47. The van der Waals surface area contributed by atoms with E-state index in [9.17, 15) is 14.4 Å². The Balaban J connectivity index is 1.66. The summed E-state index contributed by atoms with van der Waals surface area (Å²) in [6, 6.07) is 8.37. The molecule has 2 rings (SSSR count). The molecule has 0 radical (unpaired) electrons. The first-order valence-corrected chi connectivity index (χ1v) is 9.69. The van der Waals surface area contributed by atoms with Gasteiger partial charge in [-0.15, -0.1) is 0 Å². The molecule has 0 aromatic heterocycles. The summed E-state index contributed by atoms with van der Waals surface area (Å²) in [6.07, 6.45) is 4.14. The van der Waals surface area contributed by atoms with Crippen molar-refractivity contribution < 1.29 is 29.0 Å². The third-order valence-corrected chi connectivity index (χ3v) is 5.01. The zero-order valence-electron chi connectivity index (χ0n) is 16.5. The number of unbranched alkanes of at least 4 members (excludes halogenated alkanes) is 2. The molecule has 7 nitrogen and oxygen atoms in total. The number of carboxylic acid groups (broad SMARTS) is 1. The van der Waals surface area contributed by atoms with Gasteiger partial charge in [-0.2, -0.15) is 0 Å². The summed E-state index contributed by atoms with van der Waals surface area (Å²) >= 11 is 0. The summed E-state index contributed by atoms with van der Waals surface area (Å²) in [5, 5.41) is 11.9. The van der Waals surface area contributed by atoms with Gasteiger partial charge in [0.1, 0.15) is 0 Å². The fraction of sp³-hybridized carbons (Fsp3) is 0.571. The summed E-state index contributed by atoms with van der Waals surface area (Å²) in [7, 11) is 0. The Morgan fingerprint density at radius 1 is 1.14 bits per heavy atom. The fourth-order valence-electron chi connectivity index (χ4n) is 3.10. The van der Waals surface area contributed by atoms with Crippen molar-refractivity contribution in [2.24, 2.45) is 5.92 Å². The Kier molecular flexibility index (Phi) is 8.14. The van der Waals surface area contributed by atoms with Gasteiger partial charge >= 0.3 is 5.97 Å². The van der Waals surface area contributed by atoms with Crippen LogP contribution in [0.2, 0.25) is 0 Å². The van der Waals surface area contributed by atoms with Crippen LogP contribution in [0, 0.1) is 5.92 Å². The van der Waals surface area contributed by atoms with E-state index in [1.54, 1.807) is 24.3 Å². The Hall–Kier alpha value is -2.25. The summed E-state index contributed by atoms with van der Waals surface area (Å²) in [5.74, 6) is -2.76. The average Bonchev–Trinajstić information content (AvgIpc) is 2.68.